The number of aliphatic hydroxyl groups is 2. The maximum absolute atomic E-state index is 13.4. The molecule has 0 bridgehead atoms. The molecule has 4 aromatic rings. The van der Waals surface area contributed by atoms with E-state index in [1.807, 2.05) is 0 Å². The zero-order valence-electron chi connectivity index (χ0n) is 21.0. The van der Waals surface area contributed by atoms with Gasteiger partial charge in [0.15, 0.2) is 34.5 Å². The number of ether oxygens (including phenoxy) is 3. The summed E-state index contributed by atoms with van der Waals surface area (Å²) in [4.78, 5) is 25.8. The molecule has 0 radical (unpaired) electrons. The molecule has 0 amide bonds. The largest absolute Gasteiger partial charge is 0.508 e. The van der Waals surface area contributed by atoms with Crippen LogP contribution < -0.4 is 10.2 Å². The molecule has 9 N–H and O–H groups in total. The number of aromatic hydroxyl groups is 7. The fourth-order valence-electron chi connectivity index (χ4n) is 4.26. The maximum Gasteiger partial charge on any atom is 0.338 e. The lowest BCUT2D eigenvalue weighted by atomic mass is 10.1. The summed E-state index contributed by atoms with van der Waals surface area (Å²) < 4.78 is 21.8. The van der Waals surface area contributed by atoms with Gasteiger partial charge in [-0.25, -0.2) is 4.79 Å². The summed E-state index contributed by atoms with van der Waals surface area (Å²) in [6.45, 7) is -0.676. The molecule has 1 aliphatic rings. The van der Waals surface area contributed by atoms with Crippen molar-refractivity contribution in [2.45, 2.75) is 24.6 Å². The SMILES string of the molecule is O=C(OC[C@@H]1O[C@@H](Oc2c(-c3ccc(O)c(O)c3)oc3cc(O)cc(O)c3c2=O)[C@H](O)[C@H]1O)c1cc(O)c(O)c(O)c1. The predicted molar refractivity (Wildman–Crippen MR) is 138 cm³/mol. The van der Waals surface area contributed by atoms with Crippen molar-refractivity contribution < 1.29 is 69.4 Å². The summed E-state index contributed by atoms with van der Waals surface area (Å²) in [5.41, 5.74) is -1.65. The summed E-state index contributed by atoms with van der Waals surface area (Å²) in [5.74, 6) is -6.77. The molecule has 15 heteroatoms. The van der Waals surface area contributed by atoms with E-state index in [4.69, 9.17) is 18.6 Å². The number of rotatable bonds is 6. The van der Waals surface area contributed by atoms with Crippen molar-refractivity contribution in [3.63, 3.8) is 0 Å². The van der Waals surface area contributed by atoms with E-state index in [0.29, 0.717) is 0 Å². The van der Waals surface area contributed by atoms with E-state index >= 15 is 0 Å². The van der Waals surface area contributed by atoms with Crippen LogP contribution >= 0.6 is 0 Å². The minimum Gasteiger partial charge on any atom is -0.508 e. The van der Waals surface area contributed by atoms with Gasteiger partial charge in [-0.2, -0.15) is 0 Å². The first kappa shape index (κ1) is 28.2. The number of phenols is 7. The second-order valence-electron chi connectivity index (χ2n) is 9.23. The first-order valence-electron chi connectivity index (χ1n) is 12.0. The lowest BCUT2D eigenvalue weighted by Crippen LogP contribution is -2.36. The molecule has 5 rings (SSSR count). The Kier molecular flexibility index (Phi) is 7.07. The van der Waals surface area contributed by atoms with Gasteiger partial charge in [-0.3, -0.25) is 4.79 Å². The number of hydrogen-bond acceptors (Lipinski definition) is 15. The van der Waals surface area contributed by atoms with Gasteiger partial charge in [0.05, 0.1) is 5.56 Å². The minimum atomic E-state index is -1.82. The molecule has 15 nitrogen and oxygen atoms in total. The standard InChI is InChI=1S/C27H22O15/c28-11-6-14(31)19-17(7-11)40-24(9-1-2-12(29)13(30)3-9)25(22(19)36)42-27-23(37)21(35)18(41-27)8-39-26(38)10-4-15(32)20(34)16(33)5-10/h1-7,18,21,23,27-35,37H,8H2/t18-,21-,23+,27-/m0/s1. The number of phenolic OH excluding ortho intramolecular Hbond substituents is 7. The van der Waals surface area contributed by atoms with Crippen molar-refractivity contribution >= 4 is 16.9 Å². The average molecular weight is 586 g/mol. The first-order chi connectivity index (χ1) is 19.8. The molecule has 0 spiro atoms. The van der Waals surface area contributed by atoms with Crippen LogP contribution in [0.4, 0.5) is 0 Å². The van der Waals surface area contributed by atoms with Gasteiger partial charge < -0.3 is 64.6 Å². The second kappa shape index (κ2) is 10.5. The monoisotopic (exact) mass is 586 g/mol. The van der Waals surface area contributed by atoms with Crippen LogP contribution in [0.1, 0.15) is 10.4 Å². The van der Waals surface area contributed by atoms with Gasteiger partial charge in [-0.1, -0.05) is 0 Å². The highest BCUT2D eigenvalue weighted by Gasteiger charge is 2.46. The molecule has 0 saturated carbocycles. The predicted octanol–water partition coefficient (Wildman–Crippen LogP) is 1.08. The van der Waals surface area contributed by atoms with Crippen molar-refractivity contribution in [2.75, 3.05) is 6.61 Å². The molecule has 42 heavy (non-hydrogen) atoms. The number of hydrogen-bond donors (Lipinski definition) is 9. The van der Waals surface area contributed by atoms with E-state index in [1.54, 1.807) is 0 Å². The smallest absolute Gasteiger partial charge is 0.338 e. The van der Waals surface area contributed by atoms with Crippen molar-refractivity contribution in [3.05, 3.63) is 58.3 Å². The highest BCUT2D eigenvalue weighted by molar-refractivity contribution is 5.91. The van der Waals surface area contributed by atoms with E-state index in [2.05, 4.69) is 0 Å². The Morgan fingerprint density at radius 1 is 0.810 bits per heavy atom. The number of esters is 1. The minimum absolute atomic E-state index is 0.0129. The molecule has 0 unspecified atom stereocenters. The third-order valence-corrected chi connectivity index (χ3v) is 6.39. The van der Waals surface area contributed by atoms with Crippen LogP contribution in [-0.2, 0) is 9.47 Å². The van der Waals surface area contributed by atoms with Gasteiger partial charge in [0.25, 0.3) is 0 Å². The summed E-state index contributed by atoms with van der Waals surface area (Å²) >= 11 is 0. The summed E-state index contributed by atoms with van der Waals surface area (Å²) in [5, 5.41) is 89.1. The van der Waals surface area contributed by atoms with Gasteiger partial charge >= 0.3 is 5.97 Å². The topological polar surface area (TPSA) is 257 Å². The lowest BCUT2D eigenvalue weighted by molar-refractivity contribution is -0.118. The van der Waals surface area contributed by atoms with Gasteiger partial charge in [0.2, 0.25) is 17.5 Å². The molecule has 4 atom stereocenters. The zero-order valence-corrected chi connectivity index (χ0v) is 21.0. The molecule has 3 aromatic carbocycles. The number of fused-ring (bicyclic) bond motifs is 1. The van der Waals surface area contributed by atoms with Gasteiger partial charge in [-0.15, -0.1) is 0 Å². The number of benzene rings is 3. The summed E-state index contributed by atoms with van der Waals surface area (Å²) in [6, 6.07) is 6.90. The fraction of sp³-hybridized carbons (Fsp3) is 0.185. The normalized spacial score (nSPS) is 20.0. The molecule has 1 saturated heterocycles. The molecule has 1 aliphatic heterocycles. The average Bonchev–Trinajstić information content (AvgIpc) is 3.20. The van der Waals surface area contributed by atoms with E-state index in [0.717, 1.165) is 36.4 Å². The molecular weight excluding hydrogens is 564 g/mol. The molecule has 220 valence electrons. The summed E-state index contributed by atoms with van der Waals surface area (Å²) in [6.07, 6.45) is -6.72. The van der Waals surface area contributed by atoms with Gasteiger partial charge in [0, 0.05) is 17.7 Å². The van der Waals surface area contributed by atoms with E-state index in [1.165, 1.54) is 6.07 Å². The maximum atomic E-state index is 13.4. The van der Waals surface area contributed by atoms with Crippen LogP contribution in [0.2, 0.25) is 0 Å². The van der Waals surface area contributed by atoms with E-state index < -0.39 is 94.0 Å². The highest BCUT2D eigenvalue weighted by atomic mass is 16.7. The van der Waals surface area contributed by atoms with Crippen LogP contribution in [0.15, 0.2) is 51.7 Å². The Hall–Kier alpha value is -5.38. The van der Waals surface area contributed by atoms with Crippen LogP contribution in [0.25, 0.3) is 22.3 Å². The summed E-state index contributed by atoms with van der Waals surface area (Å²) in [7, 11) is 0. The fourth-order valence-corrected chi connectivity index (χ4v) is 4.26. The Balaban J connectivity index is 1.44. The van der Waals surface area contributed by atoms with Crippen molar-refractivity contribution in [1.29, 1.82) is 0 Å². The van der Waals surface area contributed by atoms with Crippen molar-refractivity contribution in [1.82, 2.24) is 0 Å². The molecule has 1 aromatic heterocycles. The van der Waals surface area contributed by atoms with Crippen LogP contribution in [0, 0.1) is 0 Å². The zero-order chi connectivity index (χ0) is 30.5. The second-order valence-corrected chi connectivity index (χ2v) is 9.23. The van der Waals surface area contributed by atoms with Crippen molar-refractivity contribution in [3.8, 4) is 57.3 Å². The first-order valence-corrected chi connectivity index (χ1v) is 12.0. The number of aliphatic hydroxyl groups excluding tert-OH is 2. The Bertz CT molecular complexity index is 1740. The van der Waals surface area contributed by atoms with Crippen LogP contribution in [0.5, 0.6) is 46.0 Å². The number of carbonyl (C=O) groups is 1. The molecule has 2 heterocycles. The van der Waals surface area contributed by atoms with Gasteiger partial charge in [-0.05, 0) is 30.3 Å². The Labute approximate surface area is 233 Å². The van der Waals surface area contributed by atoms with Crippen LogP contribution in [-0.4, -0.2) is 83.1 Å². The van der Waals surface area contributed by atoms with E-state index in [-0.39, 0.29) is 22.5 Å². The molecule has 0 aliphatic carbocycles. The molecular formula is C27H22O15. The van der Waals surface area contributed by atoms with Crippen LogP contribution in [0.3, 0.4) is 0 Å². The third-order valence-electron chi connectivity index (χ3n) is 6.39. The molecule has 1 fully saturated rings. The van der Waals surface area contributed by atoms with Gasteiger partial charge in [0.1, 0.15) is 47.4 Å². The van der Waals surface area contributed by atoms with E-state index in [9.17, 15) is 55.5 Å². The quantitative estimate of drug-likeness (QED) is 0.113. The lowest BCUT2D eigenvalue weighted by Gasteiger charge is -2.19. The number of carbonyl (C=O) groups excluding carboxylic acids is 1. The van der Waals surface area contributed by atoms with Crippen molar-refractivity contribution in [2.24, 2.45) is 0 Å². The Morgan fingerprint density at radius 3 is 2.17 bits per heavy atom. The highest BCUT2D eigenvalue weighted by Crippen LogP contribution is 2.40. The Morgan fingerprint density at radius 2 is 1.50 bits per heavy atom. The third kappa shape index (κ3) is 4.98.